The molecule has 0 atom stereocenters. The van der Waals surface area contributed by atoms with Gasteiger partial charge in [0.15, 0.2) is 5.82 Å². The third kappa shape index (κ3) is 1.05. The van der Waals surface area contributed by atoms with E-state index in [1.807, 2.05) is 6.07 Å². The lowest BCUT2D eigenvalue weighted by Crippen LogP contribution is -1.90. The fourth-order valence-electron chi connectivity index (χ4n) is 1.19. The van der Waals surface area contributed by atoms with Gasteiger partial charge in [0.25, 0.3) is 0 Å². The maximum Gasteiger partial charge on any atom is 0.156 e. The van der Waals surface area contributed by atoms with Crippen molar-refractivity contribution in [3.63, 3.8) is 0 Å². The van der Waals surface area contributed by atoms with Crippen LogP contribution in [0.25, 0.3) is 10.1 Å². The number of hydrogen-bond acceptors (Lipinski definition) is 3. The lowest BCUT2D eigenvalue weighted by molar-refractivity contribution is 0.644. The van der Waals surface area contributed by atoms with Gasteiger partial charge in [-0.05, 0) is 12.1 Å². The van der Waals surface area contributed by atoms with Gasteiger partial charge in [-0.2, -0.15) is 5.26 Å². The Morgan fingerprint density at radius 1 is 1.46 bits per heavy atom. The van der Waals surface area contributed by atoms with Crippen molar-refractivity contribution >= 4 is 27.1 Å². The summed E-state index contributed by atoms with van der Waals surface area (Å²) in [5.41, 5.74) is 5.83. The van der Waals surface area contributed by atoms with Crippen LogP contribution in [0.5, 0.6) is 0 Å². The van der Waals surface area contributed by atoms with Gasteiger partial charge >= 0.3 is 0 Å². The second kappa shape index (κ2) is 2.71. The fraction of sp³-hybridized carbons (Fsp3) is 0. The molecule has 2 rings (SSSR count). The number of nitrogens with two attached hydrogens (primary N) is 1. The highest BCUT2D eigenvalue weighted by molar-refractivity contribution is 7.17. The van der Waals surface area contributed by atoms with E-state index in [1.54, 1.807) is 11.4 Å². The molecule has 1 heterocycles. The van der Waals surface area contributed by atoms with Gasteiger partial charge in [-0.15, -0.1) is 11.3 Å². The number of rotatable bonds is 0. The molecule has 0 aliphatic heterocycles. The molecule has 64 valence electrons. The molecule has 0 saturated heterocycles. The van der Waals surface area contributed by atoms with Crippen LogP contribution in [0, 0.1) is 17.1 Å². The molecule has 0 unspecified atom stereocenters. The van der Waals surface area contributed by atoms with Crippen molar-refractivity contribution in [2.75, 3.05) is 5.73 Å². The van der Waals surface area contributed by atoms with E-state index in [1.165, 1.54) is 17.4 Å². The number of benzene rings is 1. The van der Waals surface area contributed by atoms with Crippen molar-refractivity contribution in [1.29, 1.82) is 5.26 Å². The molecule has 0 aliphatic carbocycles. The smallest absolute Gasteiger partial charge is 0.156 e. The van der Waals surface area contributed by atoms with Gasteiger partial charge < -0.3 is 5.73 Å². The SMILES string of the molecule is N#Cc1csc2ccc(N)c(F)c12. The Morgan fingerprint density at radius 2 is 2.23 bits per heavy atom. The minimum absolute atomic E-state index is 0.0856. The first-order valence-corrected chi connectivity index (χ1v) is 4.47. The van der Waals surface area contributed by atoms with E-state index in [2.05, 4.69) is 0 Å². The number of nitriles is 1. The van der Waals surface area contributed by atoms with E-state index >= 15 is 0 Å². The maximum absolute atomic E-state index is 13.4. The standard InChI is InChI=1S/C9H5FN2S/c10-9-6(12)1-2-7-8(9)5(3-11)4-13-7/h1-2,4H,12H2. The molecule has 0 aliphatic rings. The first kappa shape index (κ1) is 8.02. The van der Waals surface area contributed by atoms with Crippen LogP contribution in [0.3, 0.4) is 0 Å². The second-order valence-electron chi connectivity index (χ2n) is 2.60. The number of nitrogens with zero attached hydrogens (tertiary/aromatic N) is 1. The van der Waals surface area contributed by atoms with Gasteiger partial charge in [0.1, 0.15) is 6.07 Å². The fourth-order valence-corrected chi connectivity index (χ4v) is 2.07. The van der Waals surface area contributed by atoms with Gasteiger partial charge in [-0.25, -0.2) is 4.39 Å². The lowest BCUT2D eigenvalue weighted by Gasteiger charge is -1.96. The number of halogens is 1. The summed E-state index contributed by atoms with van der Waals surface area (Å²) in [6, 6.07) is 5.16. The van der Waals surface area contributed by atoms with Gasteiger partial charge in [0.2, 0.25) is 0 Å². The van der Waals surface area contributed by atoms with Crippen molar-refractivity contribution in [3.05, 3.63) is 28.9 Å². The maximum atomic E-state index is 13.4. The van der Waals surface area contributed by atoms with E-state index in [-0.39, 0.29) is 5.69 Å². The number of hydrogen-bond donors (Lipinski definition) is 1. The van der Waals surface area contributed by atoms with Crippen molar-refractivity contribution in [2.24, 2.45) is 0 Å². The predicted octanol–water partition coefficient (Wildman–Crippen LogP) is 2.49. The van der Waals surface area contributed by atoms with Crippen molar-refractivity contribution in [1.82, 2.24) is 0 Å². The average Bonchev–Trinajstić information content (AvgIpc) is 2.55. The summed E-state index contributed by atoms with van der Waals surface area (Å²) in [5.74, 6) is -0.490. The Balaban J connectivity index is 2.95. The van der Waals surface area contributed by atoms with E-state index in [0.717, 1.165) is 4.70 Å². The van der Waals surface area contributed by atoms with Crippen molar-refractivity contribution in [2.45, 2.75) is 0 Å². The third-order valence-electron chi connectivity index (χ3n) is 1.83. The zero-order chi connectivity index (χ0) is 9.42. The first-order chi connectivity index (χ1) is 6.24. The summed E-state index contributed by atoms with van der Waals surface area (Å²) < 4.78 is 14.2. The summed E-state index contributed by atoms with van der Waals surface area (Å²) in [6.45, 7) is 0. The van der Waals surface area contributed by atoms with E-state index in [4.69, 9.17) is 11.0 Å². The minimum Gasteiger partial charge on any atom is -0.396 e. The van der Waals surface area contributed by atoms with Crippen LogP contribution < -0.4 is 5.73 Å². The molecular formula is C9H5FN2S. The summed E-state index contributed by atoms with van der Waals surface area (Å²) >= 11 is 1.34. The molecule has 0 bridgehead atoms. The van der Waals surface area contributed by atoms with Crippen LogP contribution in [0.4, 0.5) is 10.1 Å². The zero-order valence-electron chi connectivity index (χ0n) is 6.54. The topological polar surface area (TPSA) is 49.8 Å². The highest BCUT2D eigenvalue weighted by Gasteiger charge is 2.10. The molecule has 0 spiro atoms. The summed E-state index contributed by atoms with van der Waals surface area (Å²) in [6.07, 6.45) is 0. The van der Waals surface area contributed by atoms with Crippen LogP contribution in [0.15, 0.2) is 17.5 Å². The molecule has 1 aromatic heterocycles. The first-order valence-electron chi connectivity index (χ1n) is 3.59. The summed E-state index contributed by atoms with van der Waals surface area (Å²) in [4.78, 5) is 0. The van der Waals surface area contributed by atoms with Crippen LogP contribution in [0.1, 0.15) is 5.56 Å². The highest BCUT2D eigenvalue weighted by atomic mass is 32.1. The van der Waals surface area contributed by atoms with Crippen LogP contribution in [0.2, 0.25) is 0 Å². The number of nitrogen functional groups attached to an aromatic ring is 1. The molecule has 0 radical (unpaired) electrons. The van der Waals surface area contributed by atoms with Gasteiger partial charge in [0.05, 0.1) is 11.3 Å². The van der Waals surface area contributed by atoms with Gasteiger partial charge in [-0.3, -0.25) is 0 Å². The Morgan fingerprint density at radius 3 is 2.92 bits per heavy atom. The van der Waals surface area contributed by atoms with E-state index in [0.29, 0.717) is 10.9 Å². The third-order valence-corrected chi connectivity index (χ3v) is 2.77. The molecule has 2 N–H and O–H groups in total. The minimum atomic E-state index is -0.490. The van der Waals surface area contributed by atoms with E-state index in [9.17, 15) is 4.39 Å². The molecule has 2 aromatic rings. The summed E-state index contributed by atoms with van der Waals surface area (Å²) in [7, 11) is 0. The second-order valence-corrected chi connectivity index (χ2v) is 3.51. The monoisotopic (exact) mass is 192 g/mol. The predicted molar refractivity (Wildman–Crippen MR) is 50.9 cm³/mol. The Labute approximate surface area is 78.0 Å². The number of anilines is 1. The Hall–Kier alpha value is -1.60. The van der Waals surface area contributed by atoms with Gasteiger partial charge in [-0.1, -0.05) is 0 Å². The number of thiophene rings is 1. The van der Waals surface area contributed by atoms with Crippen LogP contribution in [-0.2, 0) is 0 Å². The van der Waals surface area contributed by atoms with E-state index < -0.39 is 5.82 Å². The average molecular weight is 192 g/mol. The zero-order valence-corrected chi connectivity index (χ0v) is 7.36. The molecule has 13 heavy (non-hydrogen) atoms. The quantitative estimate of drug-likeness (QED) is 0.652. The van der Waals surface area contributed by atoms with Crippen LogP contribution in [-0.4, -0.2) is 0 Å². The molecular weight excluding hydrogens is 187 g/mol. The van der Waals surface area contributed by atoms with Gasteiger partial charge in [0, 0.05) is 15.5 Å². The molecule has 2 nitrogen and oxygen atoms in total. The molecule has 0 fully saturated rings. The molecule has 4 heteroatoms. The van der Waals surface area contributed by atoms with Crippen molar-refractivity contribution in [3.8, 4) is 6.07 Å². The Kier molecular flexibility index (Phi) is 1.67. The lowest BCUT2D eigenvalue weighted by atomic mass is 10.1. The normalized spacial score (nSPS) is 10.2. The molecule has 0 saturated carbocycles. The largest absolute Gasteiger partial charge is 0.396 e. The van der Waals surface area contributed by atoms with Crippen molar-refractivity contribution < 1.29 is 4.39 Å². The highest BCUT2D eigenvalue weighted by Crippen LogP contribution is 2.30. The summed E-state index contributed by atoms with van der Waals surface area (Å²) in [5, 5.41) is 10.7. The molecule has 0 amide bonds. The van der Waals surface area contributed by atoms with Crippen LogP contribution >= 0.6 is 11.3 Å². The molecule has 1 aromatic carbocycles. The Bertz CT molecular complexity index is 510. The number of fused-ring (bicyclic) bond motifs is 1.